The number of urea groups is 1. The van der Waals surface area contributed by atoms with Crippen LogP contribution >= 0.6 is 0 Å². The number of nitrogens with two attached hydrogens (primary N) is 1. The molecule has 1 aliphatic rings. The van der Waals surface area contributed by atoms with Crippen LogP contribution in [0.3, 0.4) is 0 Å². The van der Waals surface area contributed by atoms with Crippen LogP contribution in [-0.4, -0.2) is 27.7 Å². The highest BCUT2D eigenvalue weighted by Gasteiger charge is 2.16. The number of sulfonamides is 1. The van der Waals surface area contributed by atoms with E-state index in [1.165, 1.54) is 24.3 Å². The summed E-state index contributed by atoms with van der Waals surface area (Å²) in [5, 5.41) is 10.5. The van der Waals surface area contributed by atoms with Gasteiger partial charge in [-0.25, -0.2) is 18.4 Å². The van der Waals surface area contributed by atoms with Crippen LogP contribution in [0.1, 0.15) is 18.5 Å². The smallest absolute Gasteiger partial charge is 0.319 e. The molecule has 2 aromatic rings. The maximum atomic E-state index is 12.1. The first kappa shape index (κ1) is 18.0. The van der Waals surface area contributed by atoms with E-state index in [9.17, 15) is 13.2 Å². The van der Waals surface area contributed by atoms with Gasteiger partial charge in [-0.15, -0.1) is 0 Å². The lowest BCUT2D eigenvalue weighted by Gasteiger charge is -2.21. The van der Waals surface area contributed by atoms with Crippen molar-refractivity contribution in [2.75, 3.05) is 18.5 Å². The zero-order valence-corrected chi connectivity index (χ0v) is 14.9. The fraction of sp³-hybridized carbons (Fsp3) is 0.235. The lowest BCUT2D eigenvalue weighted by atomic mass is 10.1. The van der Waals surface area contributed by atoms with Crippen molar-refractivity contribution in [1.29, 1.82) is 0 Å². The van der Waals surface area contributed by atoms with Crippen LogP contribution < -0.4 is 25.2 Å². The molecule has 1 atom stereocenters. The Morgan fingerprint density at radius 2 is 1.73 bits per heavy atom. The number of hydrogen-bond donors (Lipinski definition) is 3. The second-order valence-electron chi connectivity index (χ2n) is 5.79. The second-order valence-corrected chi connectivity index (χ2v) is 7.35. The fourth-order valence-electron chi connectivity index (χ4n) is 2.50. The van der Waals surface area contributed by atoms with Crippen molar-refractivity contribution in [3.05, 3.63) is 48.0 Å². The molecule has 0 saturated heterocycles. The number of benzene rings is 2. The van der Waals surface area contributed by atoms with Crippen molar-refractivity contribution in [2.24, 2.45) is 5.14 Å². The molecule has 138 valence electrons. The number of ether oxygens (including phenoxy) is 2. The van der Waals surface area contributed by atoms with Crippen LogP contribution in [0.5, 0.6) is 11.5 Å². The van der Waals surface area contributed by atoms with Gasteiger partial charge in [-0.2, -0.15) is 0 Å². The van der Waals surface area contributed by atoms with Gasteiger partial charge < -0.3 is 20.1 Å². The summed E-state index contributed by atoms with van der Waals surface area (Å²) >= 11 is 0. The van der Waals surface area contributed by atoms with Gasteiger partial charge in [0.25, 0.3) is 0 Å². The van der Waals surface area contributed by atoms with E-state index in [1.807, 2.05) is 25.1 Å². The molecule has 0 radical (unpaired) electrons. The van der Waals surface area contributed by atoms with Crippen molar-refractivity contribution in [2.45, 2.75) is 17.9 Å². The monoisotopic (exact) mass is 377 g/mol. The van der Waals surface area contributed by atoms with E-state index in [-0.39, 0.29) is 10.9 Å². The maximum Gasteiger partial charge on any atom is 0.319 e. The molecule has 2 amide bonds. The highest BCUT2D eigenvalue weighted by atomic mass is 32.2. The predicted octanol–water partition coefficient (Wildman–Crippen LogP) is 1.99. The Morgan fingerprint density at radius 1 is 1.08 bits per heavy atom. The van der Waals surface area contributed by atoms with Crippen LogP contribution in [0.2, 0.25) is 0 Å². The zero-order valence-electron chi connectivity index (χ0n) is 14.1. The van der Waals surface area contributed by atoms with E-state index < -0.39 is 16.1 Å². The largest absolute Gasteiger partial charge is 0.486 e. The molecule has 0 saturated carbocycles. The quantitative estimate of drug-likeness (QED) is 0.753. The predicted molar refractivity (Wildman–Crippen MR) is 95.8 cm³/mol. The molecule has 9 heteroatoms. The first-order chi connectivity index (χ1) is 12.3. The SMILES string of the molecule is CC(NC(=O)Nc1ccc(S(N)(=O)=O)cc1)c1ccc2c(c1)OCCO2. The molecular weight excluding hydrogens is 358 g/mol. The van der Waals surface area contributed by atoms with E-state index in [2.05, 4.69) is 10.6 Å². The number of hydrogen-bond acceptors (Lipinski definition) is 5. The lowest BCUT2D eigenvalue weighted by molar-refractivity contribution is 0.171. The van der Waals surface area contributed by atoms with Gasteiger partial charge in [0.15, 0.2) is 11.5 Å². The van der Waals surface area contributed by atoms with Gasteiger partial charge in [0.1, 0.15) is 13.2 Å². The van der Waals surface area contributed by atoms with Crippen molar-refractivity contribution < 1.29 is 22.7 Å². The minimum atomic E-state index is -3.76. The molecule has 0 bridgehead atoms. The molecule has 26 heavy (non-hydrogen) atoms. The third kappa shape index (κ3) is 4.24. The number of amides is 2. The van der Waals surface area contributed by atoms with E-state index in [1.54, 1.807) is 0 Å². The molecule has 0 spiro atoms. The number of fused-ring (bicyclic) bond motifs is 1. The number of primary sulfonamides is 1. The number of rotatable bonds is 4. The average Bonchev–Trinajstić information content (AvgIpc) is 2.61. The second kappa shape index (κ2) is 7.22. The normalized spacial score (nSPS) is 14.4. The third-order valence-corrected chi connectivity index (χ3v) is 4.78. The average molecular weight is 377 g/mol. The number of carbonyl (C=O) groups excluding carboxylic acids is 1. The van der Waals surface area contributed by atoms with Crippen LogP contribution in [0.4, 0.5) is 10.5 Å². The summed E-state index contributed by atoms with van der Waals surface area (Å²) in [6.07, 6.45) is 0. The van der Waals surface area contributed by atoms with Crippen LogP contribution in [0.25, 0.3) is 0 Å². The molecule has 8 nitrogen and oxygen atoms in total. The molecule has 1 heterocycles. The summed E-state index contributed by atoms with van der Waals surface area (Å²) in [6, 6.07) is 10.4. The molecular formula is C17H19N3O5S. The molecule has 3 rings (SSSR count). The molecule has 0 fully saturated rings. The topological polar surface area (TPSA) is 120 Å². The molecule has 4 N–H and O–H groups in total. The molecule has 2 aromatic carbocycles. The molecule has 0 aliphatic carbocycles. The van der Waals surface area contributed by atoms with Gasteiger partial charge in [0, 0.05) is 5.69 Å². The molecule has 1 aliphatic heterocycles. The molecule has 0 aromatic heterocycles. The van der Waals surface area contributed by atoms with E-state index in [0.717, 1.165) is 5.56 Å². The highest BCUT2D eigenvalue weighted by Crippen LogP contribution is 2.32. The number of anilines is 1. The minimum absolute atomic E-state index is 0.0203. The Kier molecular flexibility index (Phi) is 5.01. The zero-order chi connectivity index (χ0) is 18.7. The van der Waals surface area contributed by atoms with Crippen LogP contribution in [0, 0.1) is 0 Å². The first-order valence-corrected chi connectivity index (χ1v) is 9.47. The van der Waals surface area contributed by atoms with Crippen molar-refractivity contribution in [1.82, 2.24) is 5.32 Å². The fourth-order valence-corrected chi connectivity index (χ4v) is 3.02. The van der Waals surface area contributed by atoms with Crippen molar-refractivity contribution in [3.8, 4) is 11.5 Å². The van der Waals surface area contributed by atoms with Gasteiger partial charge in [0.2, 0.25) is 10.0 Å². The van der Waals surface area contributed by atoms with Crippen LogP contribution in [0.15, 0.2) is 47.4 Å². The summed E-state index contributed by atoms with van der Waals surface area (Å²) in [7, 11) is -3.76. The standard InChI is InChI=1S/C17H19N3O5S/c1-11(12-2-7-15-16(10-12)25-9-8-24-15)19-17(21)20-13-3-5-14(6-4-13)26(18,22)23/h2-7,10-11H,8-9H2,1H3,(H2,18,22,23)(H2,19,20,21). The lowest BCUT2D eigenvalue weighted by Crippen LogP contribution is -2.31. The van der Waals surface area contributed by atoms with E-state index in [4.69, 9.17) is 14.6 Å². The summed E-state index contributed by atoms with van der Waals surface area (Å²) in [4.78, 5) is 12.1. The minimum Gasteiger partial charge on any atom is -0.486 e. The van der Waals surface area contributed by atoms with Crippen molar-refractivity contribution in [3.63, 3.8) is 0 Å². The summed E-state index contributed by atoms with van der Waals surface area (Å²) < 4.78 is 33.5. The van der Waals surface area contributed by atoms with Crippen LogP contribution in [-0.2, 0) is 10.0 Å². The first-order valence-electron chi connectivity index (χ1n) is 7.93. The Morgan fingerprint density at radius 3 is 2.38 bits per heavy atom. The highest BCUT2D eigenvalue weighted by molar-refractivity contribution is 7.89. The summed E-state index contributed by atoms with van der Waals surface area (Å²) in [5.74, 6) is 1.34. The Bertz CT molecular complexity index is 912. The van der Waals surface area contributed by atoms with Gasteiger partial charge in [-0.1, -0.05) is 6.07 Å². The third-order valence-electron chi connectivity index (χ3n) is 3.85. The van der Waals surface area contributed by atoms with Crippen molar-refractivity contribution >= 4 is 21.7 Å². The number of carbonyl (C=O) groups is 1. The van der Waals surface area contributed by atoms with Gasteiger partial charge >= 0.3 is 6.03 Å². The summed E-state index contributed by atoms with van der Waals surface area (Å²) in [5.41, 5.74) is 1.32. The Balaban J connectivity index is 1.62. The van der Waals surface area contributed by atoms with E-state index >= 15 is 0 Å². The van der Waals surface area contributed by atoms with E-state index in [0.29, 0.717) is 30.4 Å². The number of nitrogens with one attached hydrogen (secondary N) is 2. The van der Waals surface area contributed by atoms with Gasteiger partial charge in [0.05, 0.1) is 10.9 Å². The Labute approximate surface area is 151 Å². The molecule has 1 unspecified atom stereocenters. The summed E-state index contributed by atoms with van der Waals surface area (Å²) in [6.45, 7) is 2.86. The maximum absolute atomic E-state index is 12.1. The van der Waals surface area contributed by atoms with Gasteiger partial charge in [-0.3, -0.25) is 0 Å². The van der Waals surface area contributed by atoms with Gasteiger partial charge in [-0.05, 0) is 48.9 Å². The Hall–Kier alpha value is -2.78.